The summed E-state index contributed by atoms with van der Waals surface area (Å²) in [6.45, 7) is 0.651. The van der Waals surface area contributed by atoms with Gasteiger partial charge in [0.15, 0.2) is 0 Å². The Morgan fingerprint density at radius 2 is 2.11 bits per heavy atom. The second-order valence-electron chi connectivity index (χ2n) is 3.55. The molecule has 0 fully saturated rings. The maximum Gasteiger partial charge on any atom is 0.262 e. The predicted octanol–water partition coefficient (Wildman–Crippen LogP) is 1.40. The largest absolute Gasteiger partial charge is 0.378 e. The van der Waals surface area contributed by atoms with E-state index in [9.17, 15) is 4.79 Å². The lowest BCUT2D eigenvalue weighted by molar-refractivity contribution is -0.114. The van der Waals surface area contributed by atoms with Crippen LogP contribution in [0.15, 0.2) is 40.9 Å². The van der Waals surface area contributed by atoms with E-state index in [0.717, 1.165) is 6.42 Å². The first-order valence-electron chi connectivity index (χ1n) is 5.45. The molecule has 0 radical (unpaired) electrons. The summed E-state index contributed by atoms with van der Waals surface area (Å²) in [6.07, 6.45) is 2.62. The van der Waals surface area contributed by atoms with Crippen molar-refractivity contribution in [3.8, 4) is 6.07 Å². The second-order valence-corrected chi connectivity index (χ2v) is 4.36. The van der Waals surface area contributed by atoms with Crippen LogP contribution in [-0.4, -0.2) is 18.7 Å². The minimum atomic E-state index is -0.700. The smallest absolute Gasteiger partial charge is 0.262 e. The Balaban J connectivity index is 2.61. The summed E-state index contributed by atoms with van der Waals surface area (Å²) in [6, 6.07) is 11.8. The van der Waals surface area contributed by atoms with E-state index in [0.29, 0.717) is 11.6 Å². The Morgan fingerprint density at radius 1 is 1.44 bits per heavy atom. The summed E-state index contributed by atoms with van der Waals surface area (Å²) in [5, 5.41) is 12.5. The van der Waals surface area contributed by atoms with Gasteiger partial charge in [-0.2, -0.15) is 5.26 Å². The van der Waals surface area contributed by atoms with Crippen molar-refractivity contribution in [3.05, 3.63) is 46.5 Å². The van der Waals surface area contributed by atoms with Crippen LogP contribution in [0, 0.1) is 11.3 Å². The molecule has 0 spiro atoms. The van der Waals surface area contributed by atoms with Gasteiger partial charge in [-0.05, 0) is 18.2 Å². The van der Waals surface area contributed by atoms with Gasteiger partial charge < -0.3 is 11.1 Å². The fourth-order valence-corrected chi connectivity index (χ4v) is 2.04. The van der Waals surface area contributed by atoms with Gasteiger partial charge in [-0.1, -0.05) is 30.3 Å². The number of nitriles is 1. The number of amides is 1. The molecule has 0 aromatic heterocycles. The normalized spacial score (nSPS) is 11.3. The summed E-state index contributed by atoms with van der Waals surface area (Å²) in [7, 11) is 0. The first kappa shape index (κ1) is 14.1. The molecule has 1 amide bonds. The van der Waals surface area contributed by atoms with E-state index < -0.39 is 5.91 Å². The second kappa shape index (κ2) is 7.41. The standard InChI is InChI=1S/C13H15N3OS/c1-18-13(11(9-14)12(15)17)16-8-7-10-5-3-2-4-6-10/h2-6,16H,7-8H2,1H3,(H2,15,17)/b13-11+. The van der Waals surface area contributed by atoms with Crippen molar-refractivity contribution < 1.29 is 4.79 Å². The minimum Gasteiger partial charge on any atom is -0.378 e. The summed E-state index contributed by atoms with van der Waals surface area (Å²) >= 11 is 1.31. The monoisotopic (exact) mass is 261 g/mol. The van der Waals surface area contributed by atoms with Gasteiger partial charge in [-0.3, -0.25) is 4.79 Å². The van der Waals surface area contributed by atoms with E-state index in [2.05, 4.69) is 5.32 Å². The van der Waals surface area contributed by atoms with Crippen molar-refractivity contribution >= 4 is 17.7 Å². The van der Waals surface area contributed by atoms with Crippen LogP contribution in [0.1, 0.15) is 5.56 Å². The van der Waals surface area contributed by atoms with Gasteiger partial charge in [-0.25, -0.2) is 0 Å². The molecule has 5 heteroatoms. The highest BCUT2D eigenvalue weighted by Gasteiger charge is 2.10. The molecule has 4 nitrogen and oxygen atoms in total. The van der Waals surface area contributed by atoms with Crippen molar-refractivity contribution in [2.24, 2.45) is 5.73 Å². The maximum absolute atomic E-state index is 11.1. The lowest BCUT2D eigenvalue weighted by Crippen LogP contribution is -2.22. The molecule has 0 bridgehead atoms. The third-order valence-electron chi connectivity index (χ3n) is 2.33. The molecule has 0 aliphatic carbocycles. The number of nitrogens with two attached hydrogens (primary N) is 1. The van der Waals surface area contributed by atoms with Crippen molar-refractivity contribution in [2.75, 3.05) is 12.8 Å². The van der Waals surface area contributed by atoms with E-state index in [1.807, 2.05) is 36.4 Å². The fourth-order valence-electron chi connectivity index (χ4n) is 1.45. The molecule has 94 valence electrons. The number of nitrogens with one attached hydrogen (secondary N) is 1. The zero-order valence-corrected chi connectivity index (χ0v) is 11.0. The van der Waals surface area contributed by atoms with E-state index in [-0.39, 0.29) is 5.57 Å². The minimum absolute atomic E-state index is 0.0180. The summed E-state index contributed by atoms with van der Waals surface area (Å²) in [4.78, 5) is 11.1. The molecule has 1 aromatic carbocycles. The third-order valence-corrected chi connectivity index (χ3v) is 3.09. The molecular weight excluding hydrogens is 246 g/mol. The Labute approximate surface area is 111 Å². The molecule has 0 saturated carbocycles. The Morgan fingerprint density at radius 3 is 2.61 bits per heavy atom. The number of hydrogen-bond acceptors (Lipinski definition) is 4. The van der Waals surface area contributed by atoms with Crippen molar-refractivity contribution in [1.29, 1.82) is 5.26 Å². The van der Waals surface area contributed by atoms with Crippen LogP contribution in [0.3, 0.4) is 0 Å². The van der Waals surface area contributed by atoms with E-state index >= 15 is 0 Å². The quantitative estimate of drug-likeness (QED) is 0.599. The van der Waals surface area contributed by atoms with Crippen LogP contribution in [0.2, 0.25) is 0 Å². The lowest BCUT2D eigenvalue weighted by atomic mass is 10.1. The highest BCUT2D eigenvalue weighted by atomic mass is 32.2. The number of hydrogen-bond donors (Lipinski definition) is 2. The number of thioether (sulfide) groups is 1. The molecule has 18 heavy (non-hydrogen) atoms. The molecule has 0 heterocycles. The molecule has 0 atom stereocenters. The van der Waals surface area contributed by atoms with Gasteiger partial charge in [0.05, 0.1) is 5.03 Å². The van der Waals surface area contributed by atoms with Gasteiger partial charge in [0, 0.05) is 6.54 Å². The molecular formula is C13H15N3OS. The topological polar surface area (TPSA) is 78.9 Å². The molecule has 0 aliphatic rings. The Kier molecular flexibility index (Phi) is 5.81. The highest BCUT2D eigenvalue weighted by Crippen LogP contribution is 2.13. The zero-order chi connectivity index (χ0) is 13.4. The zero-order valence-electron chi connectivity index (χ0n) is 10.1. The fraction of sp³-hybridized carbons (Fsp3) is 0.231. The van der Waals surface area contributed by atoms with Crippen molar-refractivity contribution in [2.45, 2.75) is 6.42 Å². The lowest BCUT2D eigenvalue weighted by Gasteiger charge is -2.09. The summed E-state index contributed by atoms with van der Waals surface area (Å²) < 4.78 is 0. The van der Waals surface area contributed by atoms with Gasteiger partial charge in [0.1, 0.15) is 11.6 Å². The van der Waals surface area contributed by atoms with Gasteiger partial charge in [0.2, 0.25) is 0 Å². The van der Waals surface area contributed by atoms with Crippen molar-refractivity contribution in [1.82, 2.24) is 5.32 Å². The van der Waals surface area contributed by atoms with Crippen LogP contribution in [-0.2, 0) is 11.2 Å². The van der Waals surface area contributed by atoms with E-state index in [4.69, 9.17) is 11.0 Å². The highest BCUT2D eigenvalue weighted by molar-refractivity contribution is 8.02. The third kappa shape index (κ3) is 4.15. The SMILES string of the molecule is CS/C(NCCc1ccccc1)=C(\C#N)C(N)=O. The van der Waals surface area contributed by atoms with Gasteiger partial charge in [-0.15, -0.1) is 11.8 Å². The Hall–Kier alpha value is -1.93. The first-order valence-corrected chi connectivity index (χ1v) is 6.67. The summed E-state index contributed by atoms with van der Waals surface area (Å²) in [5.74, 6) is -0.700. The van der Waals surface area contributed by atoms with Crippen molar-refractivity contribution in [3.63, 3.8) is 0 Å². The van der Waals surface area contributed by atoms with E-state index in [1.165, 1.54) is 17.3 Å². The number of primary amides is 1. The van der Waals surface area contributed by atoms with Crippen LogP contribution in [0.5, 0.6) is 0 Å². The molecule has 0 unspecified atom stereocenters. The number of carbonyl (C=O) groups is 1. The molecule has 3 N–H and O–H groups in total. The number of carbonyl (C=O) groups excluding carboxylic acids is 1. The number of nitrogens with zero attached hydrogens (tertiary/aromatic N) is 1. The first-order chi connectivity index (χ1) is 8.69. The van der Waals surface area contributed by atoms with E-state index in [1.54, 1.807) is 6.26 Å². The maximum atomic E-state index is 11.1. The molecule has 1 aromatic rings. The van der Waals surface area contributed by atoms with Crippen LogP contribution < -0.4 is 11.1 Å². The average molecular weight is 261 g/mol. The number of benzene rings is 1. The molecule has 1 rings (SSSR count). The Bertz CT molecular complexity index is 477. The number of rotatable bonds is 6. The van der Waals surface area contributed by atoms with Gasteiger partial charge >= 0.3 is 0 Å². The average Bonchev–Trinajstić information content (AvgIpc) is 2.38. The van der Waals surface area contributed by atoms with Gasteiger partial charge in [0.25, 0.3) is 5.91 Å². The molecule has 0 saturated heterocycles. The molecule has 0 aliphatic heterocycles. The van der Waals surface area contributed by atoms with Crippen LogP contribution >= 0.6 is 11.8 Å². The predicted molar refractivity (Wildman–Crippen MR) is 73.5 cm³/mol. The van der Waals surface area contributed by atoms with Crippen LogP contribution in [0.4, 0.5) is 0 Å². The van der Waals surface area contributed by atoms with Crippen LogP contribution in [0.25, 0.3) is 0 Å². The summed E-state index contributed by atoms with van der Waals surface area (Å²) in [5.41, 5.74) is 6.31.